The number of carbonyl (C=O) groups is 1. The van der Waals surface area contributed by atoms with E-state index in [1.807, 2.05) is 11.8 Å². The minimum absolute atomic E-state index is 0.0681. The summed E-state index contributed by atoms with van der Waals surface area (Å²) in [5.74, 6) is 2.24. The Morgan fingerprint density at radius 1 is 1.19 bits per heavy atom. The van der Waals surface area contributed by atoms with Gasteiger partial charge in [-0.05, 0) is 33.1 Å². The Bertz CT molecular complexity index is 216. The highest BCUT2D eigenvalue weighted by Crippen LogP contribution is 2.24. The van der Waals surface area contributed by atoms with Crippen LogP contribution in [0.5, 0.6) is 0 Å². The second kappa shape index (κ2) is 6.65. The van der Waals surface area contributed by atoms with Crippen molar-refractivity contribution in [1.29, 1.82) is 0 Å². The number of ketones is 1. The van der Waals surface area contributed by atoms with Gasteiger partial charge in [-0.15, -0.1) is 0 Å². The molecule has 0 aliphatic carbocycles. The Hall–Kier alpha value is -0.0200. The number of rotatable bonds is 7. The molecule has 3 heteroatoms. The van der Waals surface area contributed by atoms with Crippen molar-refractivity contribution in [3.05, 3.63) is 0 Å². The smallest absolute Gasteiger partial charge is 0.130 e. The van der Waals surface area contributed by atoms with Gasteiger partial charge in [-0.2, -0.15) is 11.8 Å². The molecule has 0 aromatic heterocycles. The second-order valence-corrected chi connectivity index (χ2v) is 7.18. The van der Waals surface area contributed by atoms with Gasteiger partial charge < -0.3 is 4.74 Å². The van der Waals surface area contributed by atoms with Crippen LogP contribution in [0.2, 0.25) is 0 Å². The molecule has 0 heterocycles. The fourth-order valence-electron chi connectivity index (χ4n) is 1.02. The standard InChI is InChI=1S/C13H26O2S/c1-11(14)7-8-16-10-13(5,6)9-15-12(2,3)4/h7-10H2,1-6H3. The van der Waals surface area contributed by atoms with Crippen LogP contribution in [0, 0.1) is 5.41 Å². The zero-order valence-corrected chi connectivity index (χ0v) is 12.4. The summed E-state index contributed by atoms with van der Waals surface area (Å²) in [5, 5.41) is 0. The van der Waals surface area contributed by atoms with Crippen LogP contribution in [-0.2, 0) is 9.53 Å². The Balaban J connectivity index is 3.74. The van der Waals surface area contributed by atoms with Crippen molar-refractivity contribution in [2.45, 2.75) is 53.6 Å². The number of hydrogen-bond acceptors (Lipinski definition) is 3. The third kappa shape index (κ3) is 10.5. The summed E-state index contributed by atoms with van der Waals surface area (Å²) in [7, 11) is 0. The molecule has 0 bridgehead atoms. The summed E-state index contributed by atoms with van der Waals surface area (Å²) in [5.41, 5.74) is 0.107. The van der Waals surface area contributed by atoms with E-state index in [1.54, 1.807) is 6.92 Å². The molecule has 0 aliphatic heterocycles. The number of thioether (sulfide) groups is 1. The molecule has 0 rings (SSSR count). The molecule has 16 heavy (non-hydrogen) atoms. The second-order valence-electron chi connectivity index (χ2n) is 6.07. The lowest BCUT2D eigenvalue weighted by atomic mass is 9.97. The molecule has 96 valence electrons. The molecule has 0 atom stereocenters. The lowest BCUT2D eigenvalue weighted by Gasteiger charge is -2.29. The molecule has 2 nitrogen and oxygen atoms in total. The third-order valence-electron chi connectivity index (χ3n) is 1.99. The van der Waals surface area contributed by atoms with Crippen molar-refractivity contribution in [3.63, 3.8) is 0 Å². The summed E-state index contributed by atoms with van der Waals surface area (Å²) >= 11 is 1.84. The largest absolute Gasteiger partial charge is 0.375 e. The molecule has 0 unspecified atom stereocenters. The van der Waals surface area contributed by atoms with Gasteiger partial charge in [0.15, 0.2) is 0 Å². The van der Waals surface area contributed by atoms with Gasteiger partial charge in [0.2, 0.25) is 0 Å². The zero-order valence-electron chi connectivity index (χ0n) is 11.6. The summed E-state index contributed by atoms with van der Waals surface area (Å²) in [6, 6.07) is 0. The highest BCUT2D eigenvalue weighted by atomic mass is 32.2. The van der Waals surface area contributed by atoms with E-state index in [1.165, 1.54) is 0 Å². The summed E-state index contributed by atoms with van der Waals surface area (Å²) < 4.78 is 5.79. The summed E-state index contributed by atoms with van der Waals surface area (Å²) in [6.07, 6.45) is 0.681. The predicted octanol–water partition coefficient (Wildman–Crippen LogP) is 3.54. The topological polar surface area (TPSA) is 26.3 Å². The highest BCUT2D eigenvalue weighted by molar-refractivity contribution is 7.99. The minimum Gasteiger partial charge on any atom is -0.375 e. The van der Waals surface area contributed by atoms with E-state index in [0.717, 1.165) is 18.1 Å². The van der Waals surface area contributed by atoms with E-state index in [4.69, 9.17) is 4.74 Å². The molecule has 0 amide bonds. The van der Waals surface area contributed by atoms with Gasteiger partial charge in [0.05, 0.1) is 12.2 Å². The van der Waals surface area contributed by atoms with Crippen molar-refractivity contribution in [3.8, 4) is 0 Å². The lowest BCUT2D eigenvalue weighted by Crippen LogP contribution is -2.29. The van der Waals surface area contributed by atoms with Crippen molar-refractivity contribution in [2.75, 3.05) is 18.1 Å². The van der Waals surface area contributed by atoms with Gasteiger partial charge in [-0.25, -0.2) is 0 Å². The van der Waals surface area contributed by atoms with Gasteiger partial charge in [-0.1, -0.05) is 13.8 Å². The van der Waals surface area contributed by atoms with Crippen LogP contribution in [0.25, 0.3) is 0 Å². The maximum Gasteiger partial charge on any atom is 0.130 e. The Morgan fingerprint density at radius 3 is 2.19 bits per heavy atom. The van der Waals surface area contributed by atoms with Crippen LogP contribution in [0.15, 0.2) is 0 Å². The lowest BCUT2D eigenvalue weighted by molar-refractivity contribution is -0.116. The average molecular weight is 246 g/mol. The van der Waals surface area contributed by atoms with Crippen molar-refractivity contribution >= 4 is 17.5 Å². The van der Waals surface area contributed by atoms with Crippen LogP contribution < -0.4 is 0 Å². The molecule has 0 fully saturated rings. The number of hydrogen-bond donors (Lipinski definition) is 0. The summed E-state index contributed by atoms with van der Waals surface area (Å²) in [4.78, 5) is 10.8. The van der Waals surface area contributed by atoms with Crippen molar-refractivity contribution in [1.82, 2.24) is 0 Å². The molecule has 0 N–H and O–H groups in total. The van der Waals surface area contributed by atoms with E-state index in [-0.39, 0.29) is 16.8 Å². The Labute approximate surface area is 105 Å². The minimum atomic E-state index is -0.0681. The maximum absolute atomic E-state index is 10.8. The maximum atomic E-state index is 10.8. The van der Waals surface area contributed by atoms with Gasteiger partial charge in [0.1, 0.15) is 5.78 Å². The van der Waals surface area contributed by atoms with Gasteiger partial charge in [0.25, 0.3) is 0 Å². The third-order valence-corrected chi connectivity index (χ3v) is 3.47. The Kier molecular flexibility index (Phi) is 6.64. The molecule has 0 radical (unpaired) electrons. The van der Waals surface area contributed by atoms with Crippen LogP contribution in [-0.4, -0.2) is 29.5 Å². The van der Waals surface area contributed by atoms with E-state index >= 15 is 0 Å². The molecule has 0 saturated carbocycles. The molecule has 0 aromatic carbocycles. The first-order valence-corrected chi connectivity index (χ1v) is 6.99. The first-order chi connectivity index (χ1) is 7.12. The SMILES string of the molecule is CC(=O)CCSCC(C)(C)COC(C)(C)C. The van der Waals surface area contributed by atoms with E-state index in [2.05, 4.69) is 34.6 Å². The quantitative estimate of drug-likeness (QED) is 0.643. The van der Waals surface area contributed by atoms with Crippen LogP contribution in [0.4, 0.5) is 0 Å². The van der Waals surface area contributed by atoms with Crippen LogP contribution in [0.1, 0.15) is 48.0 Å². The van der Waals surface area contributed by atoms with E-state index < -0.39 is 0 Å². The first-order valence-electron chi connectivity index (χ1n) is 5.83. The summed E-state index contributed by atoms with van der Waals surface area (Å²) in [6.45, 7) is 13.1. The molecule has 0 spiro atoms. The fraction of sp³-hybridized carbons (Fsp3) is 0.923. The molecular formula is C13H26O2S. The van der Waals surface area contributed by atoms with Crippen molar-refractivity contribution in [2.24, 2.45) is 5.41 Å². The van der Waals surface area contributed by atoms with E-state index in [0.29, 0.717) is 6.42 Å². The zero-order chi connectivity index (χ0) is 12.8. The van der Waals surface area contributed by atoms with Gasteiger partial charge in [-0.3, -0.25) is 4.79 Å². The monoisotopic (exact) mass is 246 g/mol. The molecule has 0 aliphatic rings. The molecule has 0 saturated heterocycles. The van der Waals surface area contributed by atoms with Gasteiger partial charge in [0, 0.05) is 17.9 Å². The predicted molar refractivity (Wildman–Crippen MR) is 72.1 cm³/mol. The normalized spacial score (nSPS) is 12.9. The van der Waals surface area contributed by atoms with Gasteiger partial charge >= 0.3 is 0 Å². The number of ether oxygens (including phenoxy) is 1. The number of Topliss-reactive ketones (excluding diaryl/α,β-unsaturated/α-hetero) is 1. The number of carbonyl (C=O) groups excluding carboxylic acids is 1. The van der Waals surface area contributed by atoms with Crippen LogP contribution >= 0.6 is 11.8 Å². The van der Waals surface area contributed by atoms with Crippen LogP contribution in [0.3, 0.4) is 0 Å². The molecular weight excluding hydrogens is 220 g/mol. The fourth-order valence-corrected chi connectivity index (χ4v) is 2.23. The highest BCUT2D eigenvalue weighted by Gasteiger charge is 2.21. The average Bonchev–Trinajstić information content (AvgIpc) is 2.08. The first kappa shape index (κ1) is 16.0. The van der Waals surface area contributed by atoms with Crippen molar-refractivity contribution < 1.29 is 9.53 Å². The Morgan fingerprint density at radius 2 is 1.75 bits per heavy atom. The van der Waals surface area contributed by atoms with E-state index in [9.17, 15) is 4.79 Å². The molecule has 0 aromatic rings.